The molecule has 2 N–H and O–H groups in total. The number of fused-ring (bicyclic) bond motifs is 1. The van der Waals surface area contributed by atoms with Crippen molar-refractivity contribution in [1.29, 1.82) is 0 Å². The molecule has 7 nitrogen and oxygen atoms in total. The molecule has 39 heavy (non-hydrogen) atoms. The Hall–Kier alpha value is -2.39. The van der Waals surface area contributed by atoms with Crippen molar-refractivity contribution in [3.05, 3.63) is 64.2 Å². The number of carboxylic acids is 1. The maximum Gasteiger partial charge on any atom is 0.325 e. The van der Waals surface area contributed by atoms with Crippen molar-refractivity contribution in [2.75, 3.05) is 26.3 Å². The largest absolute Gasteiger partial charge is 0.480 e. The smallest absolute Gasteiger partial charge is 0.325 e. The van der Waals surface area contributed by atoms with E-state index in [1.165, 1.54) is 30.2 Å². The molecule has 1 aliphatic carbocycles. The molecule has 2 unspecified atom stereocenters. The molecule has 0 radical (unpaired) electrons. The minimum Gasteiger partial charge on any atom is -0.480 e. The number of nitrogens with zero attached hydrogens (tertiary/aromatic N) is 2. The number of benzene rings is 1. The molecule has 3 aliphatic rings. The first-order valence-electron chi connectivity index (χ1n) is 14.6. The van der Waals surface area contributed by atoms with Gasteiger partial charge in [0.1, 0.15) is 11.9 Å². The Balaban J connectivity index is 1.14. The third-order valence-electron chi connectivity index (χ3n) is 8.62. The van der Waals surface area contributed by atoms with Gasteiger partial charge in [0.25, 0.3) is 0 Å². The van der Waals surface area contributed by atoms with Gasteiger partial charge in [0.15, 0.2) is 0 Å². The van der Waals surface area contributed by atoms with Gasteiger partial charge in [0.05, 0.1) is 25.4 Å². The summed E-state index contributed by atoms with van der Waals surface area (Å²) >= 11 is 0. The Morgan fingerprint density at radius 2 is 2.05 bits per heavy atom. The van der Waals surface area contributed by atoms with Gasteiger partial charge in [-0.25, -0.2) is 4.39 Å². The quantitative estimate of drug-likeness (QED) is 0.380. The van der Waals surface area contributed by atoms with Gasteiger partial charge in [-0.1, -0.05) is 24.6 Å². The van der Waals surface area contributed by atoms with Gasteiger partial charge in [-0.05, 0) is 93.5 Å². The lowest BCUT2D eigenvalue weighted by Gasteiger charge is -2.27. The number of aliphatic hydroxyl groups excluding tert-OH is 1. The average molecular weight is 541 g/mol. The molecule has 4 atom stereocenters. The van der Waals surface area contributed by atoms with E-state index in [1.807, 2.05) is 4.90 Å². The molecule has 0 saturated carbocycles. The zero-order valence-electron chi connectivity index (χ0n) is 22.7. The van der Waals surface area contributed by atoms with Crippen LogP contribution in [0.4, 0.5) is 4.39 Å². The van der Waals surface area contributed by atoms with Crippen LogP contribution in [-0.2, 0) is 40.1 Å². The molecule has 0 amide bonds. The minimum atomic E-state index is -1.02. The third-order valence-corrected chi connectivity index (χ3v) is 8.62. The molecule has 3 heterocycles. The average Bonchev–Trinajstić information content (AvgIpc) is 3.63. The Kier molecular flexibility index (Phi) is 9.61. The molecule has 0 spiro atoms. The van der Waals surface area contributed by atoms with Crippen LogP contribution in [0.1, 0.15) is 79.1 Å². The topological polar surface area (TPSA) is 92.1 Å². The van der Waals surface area contributed by atoms with Crippen LogP contribution < -0.4 is 0 Å². The number of hydrogen-bond donors (Lipinski definition) is 2. The molecule has 8 heteroatoms. The maximum absolute atomic E-state index is 14.9. The third kappa shape index (κ3) is 7.04. The summed E-state index contributed by atoms with van der Waals surface area (Å²) in [4.78, 5) is 19.2. The Bertz CT molecular complexity index is 1120. The number of unbranched alkanes of at least 4 members (excludes halogenated alkanes) is 1. The lowest BCUT2D eigenvalue weighted by Crippen LogP contribution is -2.34. The SMILES string of the molecule is O=C(O)C(c1cccc(F)c1CO[C@@H]1CCOC1)N1CC[C@@H](C(O)CCCCc2ccc3c(n2)CCCC3)C1. The molecular formula is C31H41FN2O5. The van der Waals surface area contributed by atoms with Crippen LogP contribution in [0.15, 0.2) is 30.3 Å². The second kappa shape index (κ2) is 13.3. The Morgan fingerprint density at radius 1 is 1.18 bits per heavy atom. The van der Waals surface area contributed by atoms with E-state index in [2.05, 4.69) is 12.1 Å². The molecule has 1 aromatic heterocycles. The Morgan fingerprint density at radius 3 is 2.87 bits per heavy atom. The highest BCUT2D eigenvalue weighted by Gasteiger charge is 2.37. The van der Waals surface area contributed by atoms with Crippen LogP contribution in [-0.4, -0.2) is 64.6 Å². The first kappa shape index (κ1) is 28.1. The maximum atomic E-state index is 14.9. The van der Waals surface area contributed by atoms with Gasteiger partial charge >= 0.3 is 5.97 Å². The van der Waals surface area contributed by atoms with E-state index < -0.39 is 23.9 Å². The second-order valence-corrected chi connectivity index (χ2v) is 11.3. The lowest BCUT2D eigenvalue weighted by atomic mass is 9.94. The van der Waals surface area contributed by atoms with Crippen LogP contribution in [0, 0.1) is 11.7 Å². The van der Waals surface area contributed by atoms with E-state index in [-0.39, 0.29) is 24.2 Å². The van der Waals surface area contributed by atoms with Gasteiger partial charge < -0.3 is 19.7 Å². The molecule has 5 rings (SSSR count). The standard InChI is InChI=1S/C31H41FN2O5/c32-27-9-5-8-25(26(27)20-39-24-15-17-38-19-24)30(31(36)37)34-16-14-22(18-34)29(35)11-4-2-7-23-13-12-21-6-1-3-10-28(21)33-23/h5,8-9,12-13,22,24,29-30,35H,1-4,6-7,10-11,14-20H2,(H,36,37)/t22-,24-,29?,30?/m1/s1. The van der Waals surface area contributed by atoms with Crippen molar-refractivity contribution in [3.63, 3.8) is 0 Å². The summed E-state index contributed by atoms with van der Waals surface area (Å²) in [5, 5.41) is 21.1. The van der Waals surface area contributed by atoms with Crippen molar-refractivity contribution < 1.29 is 28.9 Å². The fourth-order valence-corrected chi connectivity index (χ4v) is 6.34. The first-order chi connectivity index (χ1) is 19.0. The summed E-state index contributed by atoms with van der Waals surface area (Å²) < 4.78 is 26.0. The predicted octanol–water partition coefficient (Wildman–Crippen LogP) is 4.63. The molecule has 2 aromatic rings. The van der Waals surface area contributed by atoms with E-state index in [9.17, 15) is 19.4 Å². The van der Waals surface area contributed by atoms with Crippen LogP contribution >= 0.6 is 0 Å². The predicted molar refractivity (Wildman–Crippen MR) is 145 cm³/mol. The Labute approximate surface area is 230 Å². The first-order valence-corrected chi connectivity index (χ1v) is 14.6. The molecule has 2 fully saturated rings. The second-order valence-electron chi connectivity index (χ2n) is 11.3. The molecule has 2 saturated heterocycles. The fraction of sp³-hybridized carbons (Fsp3) is 0.613. The lowest BCUT2D eigenvalue weighted by molar-refractivity contribution is -0.143. The number of carboxylic acid groups (broad SMARTS) is 1. The van der Waals surface area contributed by atoms with E-state index in [0.29, 0.717) is 38.3 Å². The van der Waals surface area contributed by atoms with Crippen molar-refractivity contribution in [2.24, 2.45) is 5.92 Å². The minimum absolute atomic E-state index is 0.00221. The number of aliphatic hydroxyl groups is 1. The molecule has 2 aliphatic heterocycles. The number of pyridine rings is 1. The highest BCUT2D eigenvalue weighted by atomic mass is 19.1. The van der Waals surface area contributed by atoms with Gasteiger partial charge in [-0.2, -0.15) is 0 Å². The van der Waals surface area contributed by atoms with E-state index in [0.717, 1.165) is 50.6 Å². The summed E-state index contributed by atoms with van der Waals surface area (Å²) in [6.07, 6.45) is 9.04. The van der Waals surface area contributed by atoms with Gasteiger partial charge in [0, 0.05) is 30.1 Å². The van der Waals surface area contributed by atoms with Crippen LogP contribution in [0.3, 0.4) is 0 Å². The number of aliphatic carboxylic acids is 1. The van der Waals surface area contributed by atoms with Gasteiger partial charge in [0.2, 0.25) is 0 Å². The van der Waals surface area contributed by atoms with E-state index in [1.54, 1.807) is 12.1 Å². The highest BCUT2D eigenvalue weighted by Crippen LogP contribution is 2.34. The highest BCUT2D eigenvalue weighted by molar-refractivity contribution is 5.76. The molecule has 1 aromatic carbocycles. The summed E-state index contributed by atoms with van der Waals surface area (Å²) in [5.41, 5.74) is 4.51. The number of rotatable bonds is 12. The van der Waals surface area contributed by atoms with Crippen molar-refractivity contribution >= 4 is 5.97 Å². The summed E-state index contributed by atoms with van der Waals surface area (Å²) in [6, 6.07) is 7.99. The summed E-state index contributed by atoms with van der Waals surface area (Å²) in [7, 11) is 0. The van der Waals surface area contributed by atoms with Gasteiger partial charge in [-0.3, -0.25) is 14.7 Å². The molecular weight excluding hydrogens is 499 g/mol. The van der Waals surface area contributed by atoms with E-state index in [4.69, 9.17) is 14.5 Å². The number of ether oxygens (including phenoxy) is 2. The van der Waals surface area contributed by atoms with E-state index >= 15 is 0 Å². The normalized spacial score (nSPS) is 23.0. The summed E-state index contributed by atoms with van der Waals surface area (Å²) in [6.45, 7) is 2.12. The van der Waals surface area contributed by atoms with Crippen LogP contribution in [0.5, 0.6) is 0 Å². The summed E-state index contributed by atoms with van der Waals surface area (Å²) in [5.74, 6) is -1.47. The monoisotopic (exact) mass is 540 g/mol. The zero-order chi connectivity index (χ0) is 27.2. The number of halogens is 1. The number of aryl methyl sites for hydroxylation is 3. The van der Waals surface area contributed by atoms with Crippen LogP contribution in [0.25, 0.3) is 0 Å². The molecule has 212 valence electrons. The number of hydrogen-bond acceptors (Lipinski definition) is 6. The fourth-order valence-electron chi connectivity index (χ4n) is 6.34. The van der Waals surface area contributed by atoms with Crippen molar-refractivity contribution in [2.45, 2.75) is 89.1 Å². The van der Waals surface area contributed by atoms with Crippen molar-refractivity contribution in [3.8, 4) is 0 Å². The number of carbonyl (C=O) groups is 1. The molecule has 0 bridgehead atoms. The zero-order valence-corrected chi connectivity index (χ0v) is 22.7. The van der Waals surface area contributed by atoms with Crippen LogP contribution in [0.2, 0.25) is 0 Å². The number of likely N-dealkylation sites (tertiary alicyclic amines) is 1. The number of aromatic nitrogens is 1. The van der Waals surface area contributed by atoms with Gasteiger partial charge in [-0.15, -0.1) is 0 Å². The van der Waals surface area contributed by atoms with Crippen molar-refractivity contribution in [1.82, 2.24) is 9.88 Å².